The summed E-state index contributed by atoms with van der Waals surface area (Å²) in [5, 5.41) is 0.940. The molecule has 4 rings (SSSR count). The van der Waals surface area contributed by atoms with Crippen LogP contribution in [-0.2, 0) is 0 Å². The number of benzene rings is 3. The van der Waals surface area contributed by atoms with E-state index in [2.05, 4.69) is 0 Å². The van der Waals surface area contributed by atoms with Gasteiger partial charge in [0.1, 0.15) is 5.58 Å². The van der Waals surface area contributed by atoms with Gasteiger partial charge in [0.25, 0.3) is 0 Å². The first-order valence-corrected chi connectivity index (χ1v) is 9.04. The van der Waals surface area contributed by atoms with Gasteiger partial charge in [-0.3, -0.25) is 9.59 Å². The third-order valence-electron chi connectivity index (χ3n) is 4.31. The lowest BCUT2D eigenvalue weighted by Crippen LogP contribution is -2.17. The number of ether oxygens (including phenoxy) is 1. The molecule has 0 saturated heterocycles. The van der Waals surface area contributed by atoms with Crippen LogP contribution < -0.4 is 10.2 Å². The summed E-state index contributed by atoms with van der Waals surface area (Å²) in [7, 11) is 0. The van der Waals surface area contributed by atoms with Gasteiger partial charge < -0.3 is 9.15 Å². The molecule has 0 spiro atoms. The molecular weight excluding hydrogens is 376 g/mol. The Labute approximate surface area is 166 Å². The summed E-state index contributed by atoms with van der Waals surface area (Å²) in [5.74, 6) is 0.0589. The maximum absolute atomic E-state index is 13.0. The molecule has 0 radical (unpaired) electrons. The van der Waals surface area contributed by atoms with E-state index < -0.39 is 0 Å². The smallest absolute Gasteiger partial charge is 0.235 e. The van der Waals surface area contributed by atoms with E-state index in [1.807, 2.05) is 30.3 Å². The zero-order chi connectivity index (χ0) is 19.5. The average Bonchev–Trinajstić information content (AvgIpc) is 2.74. The highest BCUT2D eigenvalue weighted by molar-refractivity contribution is 6.30. The fourth-order valence-electron chi connectivity index (χ4n) is 2.89. The molecule has 0 fully saturated rings. The molecule has 0 atom stereocenters. The van der Waals surface area contributed by atoms with E-state index in [0.717, 1.165) is 0 Å². The summed E-state index contributed by atoms with van der Waals surface area (Å²) in [5.41, 5.74) is 1.29. The van der Waals surface area contributed by atoms with Gasteiger partial charge >= 0.3 is 0 Å². The highest BCUT2D eigenvalue weighted by Gasteiger charge is 2.19. The van der Waals surface area contributed by atoms with Crippen molar-refractivity contribution in [1.29, 1.82) is 0 Å². The van der Waals surface area contributed by atoms with E-state index in [1.54, 1.807) is 48.5 Å². The van der Waals surface area contributed by atoms with Gasteiger partial charge in [-0.05, 0) is 36.4 Å². The number of hydrogen-bond donors (Lipinski definition) is 0. The van der Waals surface area contributed by atoms with Gasteiger partial charge in [-0.1, -0.05) is 54.1 Å². The number of fused-ring (bicyclic) bond motifs is 1. The van der Waals surface area contributed by atoms with Crippen molar-refractivity contribution < 1.29 is 13.9 Å². The quantitative estimate of drug-likeness (QED) is 0.429. The number of carbonyl (C=O) groups is 1. The molecular formula is C23H15ClO4. The van der Waals surface area contributed by atoms with Crippen molar-refractivity contribution in [3.05, 3.63) is 99.7 Å². The van der Waals surface area contributed by atoms with Crippen LogP contribution in [-0.4, -0.2) is 12.4 Å². The van der Waals surface area contributed by atoms with Crippen LogP contribution in [0.1, 0.15) is 10.4 Å². The topological polar surface area (TPSA) is 56.5 Å². The number of rotatable bonds is 5. The minimum atomic E-state index is -0.315. The monoisotopic (exact) mass is 390 g/mol. The fourth-order valence-corrected chi connectivity index (χ4v) is 3.02. The molecule has 0 bridgehead atoms. The predicted molar refractivity (Wildman–Crippen MR) is 109 cm³/mol. The molecule has 1 aromatic heterocycles. The maximum Gasteiger partial charge on any atom is 0.235 e. The van der Waals surface area contributed by atoms with Gasteiger partial charge in [0.2, 0.25) is 11.2 Å². The molecule has 0 saturated carbocycles. The van der Waals surface area contributed by atoms with Gasteiger partial charge in [0.05, 0.1) is 5.39 Å². The Bertz CT molecular complexity index is 1190. The highest BCUT2D eigenvalue weighted by Crippen LogP contribution is 2.30. The molecule has 4 aromatic rings. The third-order valence-corrected chi connectivity index (χ3v) is 4.56. The van der Waals surface area contributed by atoms with Gasteiger partial charge in [-0.15, -0.1) is 0 Å². The summed E-state index contributed by atoms with van der Waals surface area (Å²) in [6, 6.07) is 22.6. The molecule has 138 valence electrons. The van der Waals surface area contributed by atoms with Crippen molar-refractivity contribution in [2.24, 2.45) is 0 Å². The third kappa shape index (κ3) is 3.55. The van der Waals surface area contributed by atoms with Crippen molar-refractivity contribution in [1.82, 2.24) is 0 Å². The van der Waals surface area contributed by atoms with Gasteiger partial charge in [0.15, 0.2) is 18.2 Å². The largest absolute Gasteiger partial charge is 0.478 e. The molecule has 0 N–H and O–H groups in total. The Morgan fingerprint density at radius 2 is 1.57 bits per heavy atom. The Kier molecular flexibility index (Phi) is 4.96. The minimum Gasteiger partial charge on any atom is -0.478 e. The number of Topliss-reactive ketones (excluding diaryl/α,β-unsaturated/α-hetero) is 1. The Morgan fingerprint density at radius 3 is 2.32 bits per heavy atom. The van der Waals surface area contributed by atoms with Crippen LogP contribution in [0.5, 0.6) is 5.75 Å². The maximum atomic E-state index is 13.0. The minimum absolute atomic E-state index is 0.0206. The second-order valence-electron chi connectivity index (χ2n) is 6.17. The number of ketones is 1. The summed E-state index contributed by atoms with van der Waals surface area (Å²) < 4.78 is 11.6. The van der Waals surface area contributed by atoms with Crippen molar-refractivity contribution >= 4 is 28.4 Å². The summed E-state index contributed by atoms with van der Waals surface area (Å²) >= 11 is 5.86. The van der Waals surface area contributed by atoms with Gasteiger partial charge in [-0.2, -0.15) is 0 Å². The summed E-state index contributed by atoms with van der Waals surface area (Å²) in [6.07, 6.45) is 0. The predicted octanol–water partition coefficient (Wildman–Crippen LogP) is 5.38. The van der Waals surface area contributed by atoms with E-state index in [-0.39, 0.29) is 23.6 Å². The first-order chi connectivity index (χ1) is 13.6. The van der Waals surface area contributed by atoms with E-state index >= 15 is 0 Å². The van der Waals surface area contributed by atoms with Crippen LogP contribution >= 0.6 is 11.6 Å². The van der Waals surface area contributed by atoms with Crippen molar-refractivity contribution in [3.63, 3.8) is 0 Å². The van der Waals surface area contributed by atoms with Crippen LogP contribution in [0.25, 0.3) is 22.3 Å². The Balaban J connectivity index is 1.74. The fraction of sp³-hybridized carbons (Fsp3) is 0.0435. The van der Waals surface area contributed by atoms with Gasteiger partial charge in [-0.25, -0.2) is 0 Å². The van der Waals surface area contributed by atoms with Crippen LogP contribution in [0, 0.1) is 0 Å². The second kappa shape index (κ2) is 7.71. The molecule has 0 aliphatic rings. The lowest BCUT2D eigenvalue weighted by molar-refractivity contribution is 0.0920. The van der Waals surface area contributed by atoms with Gasteiger partial charge in [0, 0.05) is 16.1 Å². The van der Waals surface area contributed by atoms with E-state index in [1.165, 1.54) is 0 Å². The SMILES string of the molecule is O=C(COc1c(-c2ccccc2)oc2ccccc2c1=O)c1ccc(Cl)cc1. The average molecular weight is 391 g/mol. The first kappa shape index (κ1) is 18.0. The highest BCUT2D eigenvalue weighted by atomic mass is 35.5. The van der Waals surface area contributed by atoms with E-state index in [9.17, 15) is 9.59 Å². The first-order valence-electron chi connectivity index (χ1n) is 8.66. The van der Waals surface area contributed by atoms with Crippen LogP contribution in [0.3, 0.4) is 0 Å². The molecule has 28 heavy (non-hydrogen) atoms. The van der Waals surface area contributed by atoms with Crippen LogP contribution in [0.2, 0.25) is 5.02 Å². The summed E-state index contributed by atoms with van der Waals surface area (Å²) in [4.78, 5) is 25.5. The summed E-state index contributed by atoms with van der Waals surface area (Å²) in [6.45, 7) is -0.287. The van der Waals surface area contributed by atoms with E-state index in [0.29, 0.717) is 32.9 Å². The number of hydrogen-bond acceptors (Lipinski definition) is 4. The molecule has 3 aromatic carbocycles. The van der Waals surface area contributed by atoms with Crippen LogP contribution in [0.15, 0.2) is 88.1 Å². The van der Waals surface area contributed by atoms with E-state index in [4.69, 9.17) is 20.8 Å². The molecule has 5 heteroatoms. The number of carbonyl (C=O) groups excluding carboxylic acids is 1. The van der Waals surface area contributed by atoms with Crippen molar-refractivity contribution in [2.75, 3.05) is 6.61 Å². The Morgan fingerprint density at radius 1 is 0.893 bits per heavy atom. The zero-order valence-corrected chi connectivity index (χ0v) is 15.5. The lowest BCUT2D eigenvalue weighted by atomic mass is 10.1. The normalized spacial score (nSPS) is 10.8. The Hall–Kier alpha value is -3.37. The number of halogens is 1. The second-order valence-corrected chi connectivity index (χ2v) is 6.61. The molecule has 0 unspecified atom stereocenters. The van der Waals surface area contributed by atoms with Crippen LogP contribution in [0.4, 0.5) is 0 Å². The zero-order valence-electron chi connectivity index (χ0n) is 14.7. The molecule has 0 aliphatic carbocycles. The standard InChI is InChI=1S/C23H15ClO4/c24-17-12-10-15(11-13-17)19(25)14-27-23-21(26)18-8-4-5-9-20(18)28-22(23)16-6-2-1-3-7-16/h1-13H,14H2. The van der Waals surface area contributed by atoms with Crippen molar-refractivity contribution in [3.8, 4) is 17.1 Å². The lowest BCUT2D eigenvalue weighted by Gasteiger charge is -2.11. The van der Waals surface area contributed by atoms with Crippen molar-refractivity contribution in [2.45, 2.75) is 0 Å². The molecule has 1 heterocycles. The molecule has 4 nitrogen and oxygen atoms in total. The molecule has 0 amide bonds. The molecule has 0 aliphatic heterocycles. The number of para-hydroxylation sites is 1.